The van der Waals surface area contributed by atoms with Gasteiger partial charge in [-0.25, -0.2) is 0 Å². The van der Waals surface area contributed by atoms with Gasteiger partial charge in [0.1, 0.15) is 5.75 Å². The highest BCUT2D eigenvalue weighted by Crippen LogP contribution is 2.36. The summed E-state index contributed by atoms with van der Waals surface area (Å²) in [4.78, 5) is 14.4. The number of benzene rings is 1. The fourth-order valence-electron chi connectivity index (χ4n) is 2.91. The van der Waals surface area contributed by atoms with E-state index in [1.54, 1.807) is 7.11 Å². The van der Waals surface area contributed by atoms with Crippen LogP contribution in [-0.2, 0) is 22.5 Å². The van der Waals surface area contributed by atoms with E-state index in [0.717, 1.165) is 25.1 Å². The molecule has 1 aromatic carbocycles. The SMILES string of the molecule is CCO[C@H]1C[C@@H]1C(=O)N1CCc2ccc(OC)cc2C1. The Balaban J connectivity index is 1.67. The van der Waals surface area contributed by atoms with Gasteiger partial charge in [0.25, 0.3) is 0 Å². The van der Waals surface area contributed by atoms with Gasteiger partial charge >= 0.3 is 0 Å². The average Bonchev–Trinajstić information content (AvgIpc) is 3.25. The Morgan fingerprint density at radius 1 is 1.40 bits per heavy atom. The molecule has 0 spiro atoms. The highest BCUT2D eigenvalue weighted by atomic mass is 16.5. The van der Waals surface area contributed by atoms with Gasteiger partial charge in [-0.15, -0.1) is 0 Å². The molecule has 1 aromatic rings. The van der Waals surface area contributed by atoms with E-state index >= 15 is 0 Å². The first-order valence-electron chi connectivity index (χ1n) is 7.29. The summed E-state index contributed by atoms with van der Waals surface area (Å²) in [6, 6.07) is 6.14. The van der Waals surface area contributed by atoms with Crippen molar-refractivity contribution in [3.63, 3.8) is 0 Å². The second kappa shape index (κ2) is 5.44. The first-order chi connectivity index (χ1) is 9.72. The van der Waals surface area contributed by atoms with E-state index in [0.29, 0.717) is 13.2 Å². The monoisotopic (exact) mass is 275 g/mol. The zero-order valence-corrected chi connectivity index (χ0v) is 12.1. The van der Waals surface area contributed by atoms with Crippen molar-refractivity contribution in [2.75, 3.05) is 20.3 Å². The second-order valence-corrected chi connectivity index (χ2v) is 5.48. The number of carbonyl (C=O) groups is 1. The van der Waals surface area contributed by atoms with Gasteiger partial charge in [-0.2, -0.15) is 0 Å². The molecular formula is C16H21NO3. The van der Waals surface area contributed by atoms with Crippen molar-refractivity contribution in [2.24, 2.45) is 5.92 Å². The molecular weight excluding hydrogens is 254 g/mol. The van der Waals surface area contributed by atoms with Gasteiger partial charge in [0, 0.05) is 19.7 Å². The molecule has 0 N–H and O–H groups in total. The van der Waals surface area contributed by atoms with Gasteiger partial charge in [0.05, 0.1) is 19.1 Å². The Bertz CT molecular complexity index is 514. The molecule has 0 aromatic heterocycles. The first kappa shape index (κ1) is 13.4. The van der Waals surface area contributed by atoms with Crippen molar-refractivity contribution in [1.82, 2.24) is 4.90 Å². The molecule has 3 rings (SSSR count). The number of hydrogen-bond donors (Lipinski definition) is 0. The average molecular weight is 275 g/mol. The van der Waals surface area contributed by atoms with E-state index in [-0.39, 0.29) is 17.9 Å². The molecule has 20 heavy (non-hydrogen) atoms. The lowest BCUT2D eigenvalue weighted by Gasteiger charge is -2.29. The van der Waals surface area contributed by atoms with Gasteiger partial charge in [-0.1, -0.05) is 6.07 Å². The lowest BCUT2D eigenvalue weighted by molar-refractivity contribution is -0.134. The van der Waals surface area contributed by atoms with Crippen LogP contribution in [0.1, 0.15) is 24.5 Å². The van der Waals surface area contributed by atoms with Crippen molar-refractivity contribution in [3.8, 4) is 5.75 Å². The van der Waals surface area contributed by atoms with Crippen molar-refractivity contribution >= 4 is 5.91 Å². The van der Waals surface area contributed by atoms with Crippen LogP contribution in [0.4, 0.5) is 0 Å². The molecule has 4 heteroatoms. The minimum absolute atomic E-state index is 0.0853. The van der Waals surface area contributed by atoms with Crippen LogP contribution in [0, 0.1) is 5.92 Å². The maximum Gasteiger partial charge on any atom is 0.228 e. The summed E-state index contributed by atoms with van der Waals surface area (Å²) < 4.78 is 10.8. The molecule has 0 bridgehead atoms. The number of rotatable bonds is 4. The summed E-state index contributed by atoms with van der Waals surface area (Å²) in [6.07, 6.45) is 1.96. The third kappa shape index (κ3) is 2.52. The van der Waals surface area contributed by atoms with E-state index < -0.39 is 0 Å². The van der Waals surface area contributed by atoms with E-state index in [1.165, 1.54) is 11.1 Å². The molecule has 0 saturated heterocycles. The minimum Gasteiger partial charge on any atom is -0.497 e. The van der Waals surface area contributed by atoms with E-state index in [2.05, 4.69) is 6.07 Å². The Morgan fingerprint density at radius 2 is 2.25 bits per heavy atom. The standard InChI is InChI=1S/C16H21NO3/c1-3-20-15-9-14(15)16(18)17-7-6-11-4-5-13(19-2)8-12(11)10-17/h4-5,8,14-15H,3,6-7,9-10H2,1-2H3/t14-,15-/m0/s1. The second-order valence-electron chi connectivity index (χ2n) is 5.48. The van der Waals surface area contributed by atoms with Crippen LogP contribution >= 0.6 is 0 Å². The van der Waals surface area contributed by atoms with E-state index in [1.807, 2.05) is 24.0 Å². The number of methoxy groups -OCH3 is 1. The molecule has 0 unspecified atom stereocenters. The summed E-state index contributed by atoms with van der Waals surface area (Å²) in [6.45, 7) is 4.17. The normalized spacial score (nSPS) is 24.2. The predicted octanol–water partition coefficient (Wildman–Crippen LogP) is 2.00. The topological polar surface area (TPSA) is 38.8 Å². The summed E-state index contributed by atoms with van der Waals surface area (Å²) in [5.74, 6) is 1.19. The van der Waals surface area contributed by atoms with Crippen LogP contribution in [0.5, 0.6) is 5.75 Å². The lowest BCUT2D eigenvalue weighted by atomic mass is 9.99. The third-order valence-corrected chi connectivity index (χ3v) is 4.17. The smallest absolute Gasteiger partial charge is 0.228 e. The summed E-state index contributed by atoms with van der Waals surface area (Å²) in [5, 5.41) is 0. The van der Waals surface area contributed by atoms with Crippen LogP contribution in [-0.4, -0.2) is 37.2 Å². The van der Waals surface area contributed by atoms with E-state index in [4.69, 9.17) is 9.47 Å². The lowest BCUT2D eigenvalue weighted by Crippen LogP contribution is -2.37. The number of hydrogen-bond acceptors (Lipinski definition) is 3. The van der Waals surface area contributed by atoms with Crippen molar-refractivity contribution in [2.45, 2.75) is 32.4 Å². The molecule has 0 radical (unpaired) electrons. The van der Waals surface area contributed by atoms with Gasteiger partial charge in [0.15, 0.2) is 0 Å². The van der Waals surface area contributed by atoms with Gasteiger partial charge in [0.2, 0.25) is 5.91 Å². The number of amides is 1. The largest absolute Gasteiger partial charge is 0.497 e. The molecule has 108 valence electrons. The molecule has 1 amide bonds. The molecule has 4 nitrogen and oxygen atoms in total. The van der Waals surface area contributed by atoms with Gasteiger partial charge < -0.3 is 14.4 Å². The van der Waals surface area contributed by atoms with Crippen molar-refractivity contribution in [1.29, 1.82) is 0 Å². The fourth-order valence-corrected chi connectivity index (χ4v) is 2.91. The Hall–Kier alpha value is -1.55. The molecule has 1 aliphatic carbocycles. The van der Waals surface area contributed by atoms with Crippen LogP contribution in [0.3, 0.4) is 0 Å². The molecule has 1 aliphatic heterocycles. The minimum atomic E-state index is 0.0853. The molecule has 2 atom stereocenters. The number of fused-ring (bicyclic) bond motifs is 1. The van der Waals surface area contributed by atoms with Crippen LogP contribution < -0.4 is 4.74 Å². The van der Waals surface area contributed by atoms with Crippen LogP contribution in [0.2, 0.25) is 0 Å². The zero-order chi connectivity index (χ0) is 14.1. The molecule has 2 aliphatic rings. The molecule has 1 saturated carbocycles. The number of carbonyl (C=O) groups excluding carboxylic acids is 1. The molecule has 1 heterocycles. The number of ether oxygens (including phenoxy) is 2. The van der Waals surface area contributed by atoms with Crippen molar-refractivity contribution < 1.29 is 14.3 Å². The summed E-state index contributed by atoms with van der Waals surface area (Å²) >= 11 is 0. The van der Waals surface area contributed by atoms with Crippen LogP contribution in [0.15, 0.2) is 18.2 Å². The summed E-state index contributed by atoms with van der Waals surface area (Å²) in [7, 11) is 1.67. The highest BCUT2D eigenvalue weighted by molar-refractivity contribution is 5.82. The third-order valence-electron chi connectivity index (χ3n) is 4.17. The Morgan fingerprint density at radius 3 is 3.00 bits per heavy atom. The quantitative estimate of drug-likeness (QED) is 0.843. The van der Waals surface area contributed by atoms with Crippen molar-refractivity contribution in [3.05, 3.63) is 29.3 Å². The maximum atomic E-state index is 12.4. The Labute approximate surface area is 119 Å². The first-order valence-corrected chi connectivity index (χ1v) is 7.29. The molecule has 1 fully saturated rings. The van der Waals surface area contributed by atoms with E-state index in [9.17, 15) is 4.79 Å². The summed E-state index contributed by atoms with van der Waals surface area (Å²) in [5.41, 5.74) is 2.53. The maximum absolute atomic E-state index is 12.4. The van der Waals surface area contributed by atoms with Gasteiger partial charge in [-0.3, -0.25) is 4.79 Å². The predicted molar refractivity (Wildman–Crippen MR) is 75.6 cm³/mol. The Kier molecular flexibility index (Phi) is 3.66. The highest BCUT2D eigenvalue weighted by Gasteiger charge is 2.46. The zero-order valence-electron chi connectivity index (χ0n) is 12.1. The van der Waals surface area contributed by atoms with Gasteiger partial charge in [-0.05, 0) is 43.0 Å². The fraction of sp³-hybridized carbons (Fsp3) is 0.562. The number of nitrogens with zero attached hydrogens (tertiary/aromatic N) is 1. The van der Waals surface area contributed by atoms with Crippen LogP contribution in [0.25, 0.3) is 0 Å².